The summed E-state index contributed by atoms with van der Waals surface area (Å²) >= 11 is 0. The van der Waals surface area contributed by atoms with E-state index in [-0.39, 0.29) is 11.8 Å². The predicted molar refractivity (Wildman–Crippen MR) is 85.1 cm³/mol. The van der Waals surface area contributed by atoms with Crippen LogP contribution in [0.25, 0.3) is 6.08 Å². The largest absolute Gasteiger partial charge is 0.387 e. The molecule has 0 radical (unpaired) electrons. The second-order valence-electron chi connectivity index (χ2n) is 5.57. The van der Waals surface area contributed by atoms with Crippen molar-refractivity contribution < 1.29 is 14.7 Å². The third-order valence-electron chi connectivity index (χ3n) is 3.85. The van der Waals surface area contributed by atoms with Crippen LogP contribution in [0.15, 0.2) is 29.8 Å². The summed E-state index contributed by atoms with van der Waals surface area (Å²) in [6.07, 6.45) is 1.88. The van der Waals surface area contributed by atoms with E-state index in [2.05, 4.69) is 0 Å². The standard InChI is InChI=1S/C17H22N2O3/c1-13-3-5-15(6-4-13)11-14(2)17(22)19-9-7-18(8-10-19)16(21)12-20/h3-6,11,20H,7-10,12H2,1-2H3/b14-11-. The Balaban J connectivity index is 1.97. The third-order valence-corrected chi connectivity index (χ3v) is 3.85. The molecule has 1 heterocycles. The molecule has 0 atom stereocenters. The molecule has 0 bridgehead atoms. The number of piperazine rings is 1. The van der Waals surface area contributed by atoms with Gasteiger partial charge in [0, 0.05) is 31.8 Å². The number of carbonyl (C=O) groups excluding carboxylic acids is 2. The van der Waals surface area contributed by atoms with Gasteiger partial charge in [-0.1, -0.05) is 29.8 Å². The normalized spacial score (nSPS) is 15.9. The lowest BCUT2D eigenvalue weighted by Gasteiger charge is -2.34. The van der Waals surface area contributed by atoms with Crippen LogP contribution >= 0.6 is 0 Å². The van der Waals surface area contributed by atoms with Crippen molar-refractivity contribution in [3.8, 4) is 0 Å². The van der Waals surface area contributed by atoms with Crippen molar-refractivity contribution >= 4 is 17.9 Å². The first kappa shape index (κ1) is 16.2. The van der Waals surface area contributed by atoms with Gasteiger partial charge in [0.15, 0.2) is 0 Å². The highest BCUT2D eigenvalue weighted by atomic mass is 16.3. The van der Waals surface area contributed by atoms with Crippen molar-refractivity contribution in [2.24, 2.45) is 0 Å². The molecule has 0 spiro atoms. The Morgan fingerprint density at radius 2 is 1.64 bits per heavy atom. The number of hydrogen-bond donors (Lipinski definition) is 1. The first-order valence-corrected chi connectivity index (χ1v) is 7.44. The van der Waals surface area contributed by atoms with Gasteiger partial charge in [-0.05, 0) is 25.5 Å². The van der Waals surface area contributed by atoms with E-state index in [1.807, 2.05) is 44.2 Å². The quantitative estimate of drug-likeness (QED) is 0.849. The molecule has 22 heavy (non-hydrogen) atoms. The van der Waals surface area contributed by atoms with Gasteiger partial charge in [-0.3, -0.25) is 9.59 Å². The molecule has 0 unspecified atom stereocenters. The number of aryl methyl sites for hydroxylation is 1. The number of nitrogens with zero attached hydrogens (tertiary/aromatic N) is 2. The molecule has 1 saturated heterocycles. The fourth-order valence-corrected chi connectivity index (χ4v) is 2.48. The molecule has 0 aliphatic carbocycles. The molecule has 1 N–H and O–H groups in total. The second-order valence-corrected chi connectivity index (χ2v) is 5.57. The van der Waals surface area contributed by atoms with Crippen LogP contribution in [0, 0.1) is 6.92 Å². The molecule has 5 heteroatoms. The molecule has 0 saturated carbocycles. The van der Waals surface area contributed by atoms with Gasteiger partial charge >= 0.3 is 0 Å². The van der Waals surface area contributed by atoms with Crippen molar-refractivity contribution in [1.82, 2.24) is 9.80 Å². The zero-order valence-corrected chi connectivity index (χ0v) is 13.1. The summed E-state index contributed by atoms with van der Waals surface area (Å²) in [5.74, 6) is -0.282. The molecule has 2 amide bonds. The average molecular weight is 302 g/mol. The van der Waals surface area contributed by atoms with Gasteiger partial charge in [0.25, 0.3) is 0 Å². The number of benzene rings is 1. The molecule has 2 rings (SSSR count). The zero-order chi connectivity index (χ0) is 16.1. The van der Waals surface area contributed by atoms with Crippen molar-refractivity contribution in [3.63, 3.8) is 0 Å². The monoisotopic (exact) mass is 302 g/mol. The Bertz CT molecular complexity index is 570. The van der Waals surface area contributed by atoms with Crippen LogP contribution in [0.2, 0.25) is 0 Å². The van der Waals surface area contributed by atoms with Crippen LogP contribution in [-0.2, 0) is 9.59 Å². The molecule has 1 aromatic rings. The minimum Gasteiger partial charge on any atom is -0.387 e. The molecule has 1 aliphatic rings. The minimum absolute atomic E-state index is 0.00308. The fourth-order valence-electron chi connectivity index (χ4n) is 2.48. The summed E-state index contributed by atoms with van der Waals surface area (Å²) < 4.78 is 0. The van der Waals surface area contributed by atoms with Gasteiger partial charge in [-0.2, -0.15) is 0 Å². The minimum atomic E-state index is -0.472. The van der Waals surface area contributed by atoms with E-state index >= 15 is 0 Å². The van der Waals surface area contributed by atoms with Gasteiger partial charge in [0.2, 0.25) is 11.8 Å². The van der Waals surface area contributed by atoms with Gasteiger partial charge in [0.05, 0.1) is 0 Å². The van der Waals surface area contributed by atoms with Crippen molar-refractivity contribution in [3.05, 3.63) is 41.0 Å². The van der Waals surface area contributed by atoms with Gasteiger partial charge < -0.3 is 14.9 Å². The van der Waals surface area contributed by atoms with Crippen LogP contribution in [-0.4, -0.2) is 59.5 Å². The molecule has 0 aromatic heterocycles. The Labute approximate surface area is 130 Å². The maximum atomic E-state index is 12.4. The summed E-state index contributed by atoms with van der Waals surface area (Å²) in [6, 6.07) is 8.01. The van der Waals surface area contributed by atoms with Crippen molar-refractivity contribution in [1.29, 1.82) is 0 Å². The molecular formula is C17H22N2O3. The van der Waals surface area contributed by atoms with E-state index in [1.165, 1.54) is 5.56 Å². The van der Waals surface area contributed by atoms with E-state index in [9.17, 15) is 9.59 Å². The summed E-state index contributed by atoms with van der Waals surface area (Å²) in [6.45, 7) is 5.32. The number of aliphatic hydroxyl groups excluding tert-OH is 1. The maximum Gasteiger partial charge on any atom is 0.249 e. The van der Waals surface area contributed by atoms with Gasteiger partial charge in [-0.15, -0.1) is 0 Å². The summed E-state index contributed by atoms with van der Waals surface area (Å²) in [7, 11) is 0. The molecular weight excluding hydrogens is 280 g/mol. The number of hydrogen-bond acceptors (Lipinski definition) is 3. The highest BCUT2D eigenvalue weighted by Crippen LogP contribution is 2.12. The number of aliphatic hydroxyl groups is 1. The predicted octanol–water partition coefficient (Wildman–Crippen LogP) is 1.06. The maximum absolute atomic E-state index is 12.4. The van der Waals surface area contributed by atoms with Crippen LogP contribution in [0.4, 0.5) is 0 Å². The Kier molecular flexibility index (Phi) is 5.33. The third kappa shape index (κ3) is 3.95. The van der Waals surface area contributed by atoms with E-state index in [0.29, 0.717) is 31.8 Å². The molecule has 1 aliphatic heterocycles. The van der Waals surface area contributed by atoms with E-state index in [0.717, 1.165) is 5.56 Å². The van der Waals surface area contributed by atoms with Crippen molar-refractivity contribution in [2.75, 3.05) is 32.8 Å². The van der Waals surface area contributed by atoms with Gasteiger partial charge in [-0.25, -0.2) is 0 Å². The highest BCUT2D eigenvalue weighted by Gasteiger charge is 2.24. The first-order valence-electron chi connectivity index (χ1n) is 7.44. The summed E-state index contributed by atoms with van der Waals surface area (Å²) in [4.78, 5) is 27.2. The number of rotatable bonds is 3. The van der Waals surface area contributed by atoms with Crippen LogP contribution < -0.4 is 0 Å². The topological polar surface area (TPSA) is 60.9 Å². The van der Waals surface area contributed by atoms with Gasteiger partial charge in [0.1, 0.15) is 6.61 Å². The van der Waals surface area contributed by atoms with Crippen LogP contribution in [0.1, 0.15) is 18.1 Å². The Morgan fingerprint density at radius 1 is 1.09 bits per heavy atom. The first-order chi connectivity index (χ1) is 10.5. The molecule has 1 fully saturated rings. The van der Waals surface area contributed by atoms with Crippen molar-refractivity contribution in [2.45, 2.75) is 13.8 Å². The van der Waals surface area contributed by atoms with E-state index < -0.39 is 6.61 Å². The molecule has 5 nitrogen and oxygen atoms in total. The van der Waals surface area contributed by atoms with Crippen LogP contribution in [0.5, 0.6) is 0 Å². The molecule has 1 aromatic carbocycles. The lowest BCUT2D eigenvalue weighted by Crippen LogP contribution is -2.51. The summed E-state index contributed by atoms with van der Waals surface area (Å²) in [5.41, 5.74) is 2.88. The lowest BCUT2D eigenvalue weighted by molar-refractivity contribution is -0.139. The van der Waals surface area contributed by atoms with E-state index in [4.69, 9.17) is 5.11 Å². The highest BCUT2D eigenvalue weighted by molar-refractivity contribution is 5.97. The Hall–Kier alpha value is -2.14. The smallest absolute Gasteiger partial charge is 0.249 e. The zero-order valence-electron chi connectivity index (χ0n) is 13.1. The van der Waals surface area contributed by atoms with Crippen LogP contribution in [0.3, 0.4) is 0 Å². The SMILES string of the molecule is C/C(=C/c1ccc(C)cc1)C(=O)N1CCN(C(=O)CO)CC1. The lowest BCUT2D eigenvalue weighted by atomic mass is 10.1. The second kappa shape index (κ2) is 7.22. The Morgan fingerprint density at radius 3 is 2.18 bits per heavy atom. The van der Waals surface area contributed by atoms with E-state index in [1.54, 1.807) is 9.80 Å². The number of carbonyl (C=O) groups is 2. The fraction of sp³-hybridized carbons (Fsp3) is 0.412. The number of amides is 2. The molecule has 118 valence electrons. The summed E-state index contributed by atoms with van der Waals surface area (Å²) in [5, 5.41) is 8.85. The average Bonchev–Trinajstić information content (AvgIpc) is 2.55.